The molecule has 0 spiro atoms. The molecular weight excluding hydrogens is 356 g/mol. The van der Waals surface area contributed by atoms with Crippen LogP contribution in [0.4, 0.5) is 0 Å². The van der Waals surface area contributed by atoms with E-state index in [1.54, 1.807) is 12.4 Å². The molecule has 28 heavy (non-hydrogen) atoms. The first-order valence-electron chi connectivity index (χ1n) is 9.40. The Balaban J connectivity index is 1.52. The van der Waals surface area contributed by atoms with Crippen LogP contribution < -0.4 is 0 Å². The topological polar surface area (TPSA) is 101 Å². The zero-order valence-electron chi connectivity index (χ0n) is 15.7. The summed E-state index contributed by atoms with van der Waals surface area (Å²) in [6, 6.07) is 13.3. The zero-order chi connectivity index (χ0) is 19.8. The van der Waals surface area contributed by atoms with Crippen LogP contribution in [-0.4, -0.2) is 35.9 Å². The van der Waals surface area contributed by atoms with E-state index in [2.05, 4.69) is 44.0 Å². The molecule has 3 rings (SSSR count). The van der Waals surface area contributed by atoms with Gasteiger partial charge >= 0.3 is 5.97 Å². The summed E-state index contributed by atoms with van der Waals surface area (Å²) in [5, 5.41) is 26.7. The normalized spacial score (nSPS) is 10.9. The lowest BCUT2D eigenvalue weighted by Crippen LogP contribution is -2.07. The van der Waals surface area contributed by atoms with Gasteiger partial charge in [0, 0.05) is 18.7 Å². The fourth-order valence-electron chi connectivity index (χ4n) is 3.17. The largest absolute Gasteiger partial charge is 0.478 e. The van der Waals surface area contributed by atoms with Crippen LogP contribution in [0.2, 0.25) is 0 Å². The Hall–Kier alpha value is -3.06. The maximum atomic E-state index is 11.2. The third kappa shape index (κ3) is 5.47. The van der Waals surface area contributed by atoms with Crippen LogP contribution in [0.15, 0.2) is 48.8 Å². The van der Waals surface area contributed by atoms with E-state index in [0.29, 0.717) is 17.8 Å². The minimum Gasteiger partial charge on any atom is -0.478 e. The molecule has 0 unspecified atom stereocenters. The first-order valence-corrected chi connectivity index (χ1v) is 9.40. The van der Waals surface area contributed by atoms with Crippen molar-refractivity contribution in [3.63, 3.8) is 0 Å². The molecule has 0 aliphatic rings. The number of benzene rings is 1. The van der Waals surface area contributed by atoms with Crippen molar-refractivity contribution in [2.75, 3.05) is 0 Å². The Morgan fingerprint density at radius 3 is 2.54 bits per heavy atom. The number of aliphatic hydroxyl groups is 1. The highest BCUT2D eigenvalue weighted by molar-refractivity contribution is 5.87. The van der Waals surface area contributed by atoms with Gasteiger partial charge < -0.3 is 14.8 Å². The monoisotopic (exact) mass is 380 g/mol. The second kappa shape index (κ2) is 9.75. The molecule has 7 heteroatoms. The van der Waals surface area contributed by atoms with E-state index in [-0.39, 0.29) is 12.2 Å². The third-order valence-electron chi connectivity index (χ3n) is 4.58. The summed E-state index contributed by atoms with van der Waals surface area (Å²) in [6.45, 7) is 0.586. The van der Waals surface area contributed by atoms with Crippen molar-refractivity contribution in [1.82, 2.24) is 19.7 Å². The molecule has 7 nitrogen and oxygen atoms in total. The lowest BCUT2D eigenvalue weighted by atomic mass is 10.1. The Morgan fingerprint density at radius 1 is 1.00 bits per heavy atom. The van der Waals surface area contributed by atoms with Crippen LogP contribution in [0, 0.1) is 0 Å². The van der Waals surface area contributed by atoms with Gasteiger partial charge in [0.2, 0.25) is 0 Å². The van der Waals surface area contributed by atoms with Crippen molar-refractivity contribution in [3.05, 3.63) is 77.1 Å². The number of hydrogen-bond acceptors (Lipinski definition) is 5. The number of hydrogen-bond donors (Lipinski definition) is 2. The fourth-order valence-corrected chi connectivity index (χ4v) is 3.17. The van der Waals surface area contributed by atoms with Gasteiger partial charge in [-0.15, -0.1) is 10.2 Å². The lowest BCUT2D eigenvalue weighted by Gasteiger charge is -2.08. The van der Waals surface area contributed by atoms with Gasteiger partial charge in [0.25, 0.3) is 0 Å². The van der Waals surface area contributed by atoms with Gasteiger partial charge in [0.15, 0.2) is 0 Å². The van der Waals surface area contributed by atoms with Crippen molar-refractivity contribution in [3.8, 4) is 0 Å². The number of aromatic carboxylic acids is 1. The van der Waals surface area contributed by atoms with Crippen LogP contribution in [0.3, 0.4) is 0 Å². The van der Waals surface area contributed by atoms with E-state index >= 15 is 0 Å². The van der Waals surface area contributed by atoms with Crippen molar-refractivity contribution >= 4 is 5.97 Å². The number of aryl methyl sites for hydroxylation is 4. The van der Waals surface area contributed by atoms with Gasteiger partial charge in [-0.05, 0) is 43.4 Å². The van der Waals surface area contributed by atoms with Crippen molar-refractivity contribution < 1.29 is 15.0 Å². The van der Waals surface area contributed by atoms with Crippen molar-refractivity contribution in [2.24, 2.45) is 0 Å². The highest BCUT2D eigenvalue weighted by atomic mass is 16.4. The molecule has 0 radical (unpaired) electrons. The molecule has 2 aromatic heterocycles. The average Bonchev–Trinajstić information content (AvgIpc) is 3.16. The summed E-state index contributed by atoms with van der Waals surface area (Å²) in [5.74, 6) is -0.0960. The second-order valence-electron chi connectivity index (χ2n) is 6.69. The lowest BCUT2D eigenvalue weighted by molar-refractivity contribution is 0.0696. The second-order valence-corrected chi connectivity index (χ2v) is 6.69. The van der Waals surface area contributed by atoms with Gasteiger partial charge in [-0.25, -0.2) is 4.79 Å². The molecule has 0 aliphatic heterocycles. The Bertz CT molecular complexity index is 909. The molecule has 0 atom stereocenters. The van der Waals surface area contributed by atoms with E-state index in [1.807, 2.05) is 6.07 Å². The maximum Gasteiger partial charge on any atom is 0.335 e. The number of carbonyl (C=O) groups is 1. The summed E-state index contributed by atoms with van der Waals surface area (Å²) in [4.78, 5) is 15.5. The molecule has 0 saturated carbocycles. The molecule has 0 fully saturated rings. The standard InChI is InChI=1S/C21H24N4O3/c26-14-19-13-17(21(27)28)12-18(23-19)9-4-10-20-24-22-15-25(20)11-5-8-16-6-2-1-3-7-16/h1-3,6-7,12-13,15,26H,4-5,8-11,14H2,(H,27,28). The van der Waals surface area contributed by atoms with Gasteiger partial charge in [-0.1, -0.05) is 30.3 Å². The van der Waals surface area contributed by atoms with Crippen LogP contribution in [0.5, 0.6) is 0 Å². The molecule has 0 aliphatic carbocycles. The number of nitrogens with zero attached hydrogens (tertiary/aromatic N) is 4. The van der Waals surface area contributed by atoms with E-state index < -0.39 is 5.97 Å². The number of aliphatic hydroxyl groups excluding tert-OH is 1. The van der Waals surface area contributed by atoms with Gasteiger partial charge in [0.05, 0.1) is 17.9 Å². The predicted octanol–water partition coefficient (Wildman–Crippen LogP) is 2.67. The van der Waals surface area contributed by atoms with E-state index in [1.165, 1.54) is 11.6 Å². The number of rotatable bonds is 10. The zero-order valence-corrected chi connectivity index (χ0v) is 15.7. The molecule has 1 aromatic carbocycles. The van der Waals surface area contributed by atoms with Crippen LogP contribution in [0.25, 0.3) is 0 Å². The fraction of sp³-hybridized carbons (Fsp3) is 0.333. The molecule has 0 amide bonds. The number of carboxylic acids is 1. The third-order valence-corrected chi connectivity index (χ3v) is 4.58. The van der Waals surface area contributed by atoms with E-state index in [4.69, 9.17) is 0 Å². The Labute approximate surface area is 163 Å². The van der Waals surface area contributed by atoms with E-state index in [9.17, 15) is 15.0 Å². The van der Waals surface area contributed by atoms with Gasteiger partial charge in [0.1, 0.15) is 12.2 Å². The summed E-state index contributed by atoms with van der Waals surface area (Å²) < 4.78 is 2.07. The number of pyridine rings is 1. The van der Waals surface area contributed by atoms with Crippen LogP contribution in [0.1, 0.15) is 46.0 Å². The highest BCUT2D eigenvalue weighted by Gasteiger charge is 2.09. The van der Waals surface area contributed by atoms with Crippen LogP contribution in [-0.2, 0) is 32.4 Å². The van der Waals surface area contributed by atoms with Crippen molar-refractivity contribution in [2.45, 2.75) is 45.3 Å². The first-order chi connectivity index (χ1) is 13.7. The molecule has 0 saturated heterocycles. The van der Waals surface area contributed by atoms with Crippen molar-refractivity contribution in [1.29, 1.82) is 0 Å². The predicted molar refractivity (Wildman–Crippen MR) is 104 cm³/mol. The summed E-state index contributed by atoms with van der Waals surface area (Å²) in [7, 11) is 0. The van der Waals surface area contributed by atoms with E-state index in [0.717, 1.165) is 38.1 Å². The summed E-state index contributed by atoms with van der Waals surface area (Å²) in [5.41, 5.74) is 2.51. The Morgan fingerprint density at radius 2 is 1.79 bits per heavy atom. The SMILES string of the molecule is O=C(O)c1cc(CO)nc(CCCc2nncn2CCCc2ccccc2)c1. The first kappa shape index (κ1) is 19.7. The number of carboxylic acid groups (broad SMARTS) is 1. The molecule has 2 heterocycles. The molecule has 2 N–H and O–H groups in total. The molecular formula is C21H24N4O3. The summed E-state index contributed by atoms with van der Waals surface area (Å²) in [6.07, 6.45) is 5.90. The quantitative estimate of drug-likeness (QED) is 0.561. The van der Waals surface area contributed by atoms with Crippen LogP contribution >= 0.6 is 0 Å². The minimum atomic E-state index is -1.02. The maximum absolute atomic E-state index is 11.2. The minimum absolute atomic E-state index is 0.151. The summed E-state index contributed by atoms with van der Waals surface area (Å²) >= 11 is 0. The molecule has 3 aromatic rings. The highest BCUT2D eigenvalue weighted by Crippen LogP contribution is 2.11. The Kier molecular flexibility index (Phi) is 6.86. The number of aromatic nitrogens is 4. The van der Waals surface area contributed by atoms with Gasteiger partial charge in [-0.2, -0.15) is 0 Å². The molecule has 0 bridgehead atoms. The average molecular weight is 380 g/mol. The smallest absolute Gasteiger partial charge is 0.335 e. The van der Waals surface area contributed by atoms with Gasteiger partial charge in [-0.3, -0.25) is 4.98 Å². The molecule has 146 valence electrons.